The van der Waals surface area contributed by atoms with Crippen LogP contribution in [0, 0.1) is 17.5 Å². The predicted molar refractivity (Wildman–Crippen MR) is 91.5 cm³/mol. The fourth-order valence-electron chi connectivity index (χ4n) is 3.48. The molecule has 0 spiro atoms. The Morgan fingerprint density at radius 3 is 2.62 bits per heavy atom. The van der Waals surface area contributed by atoms with E-state index in [0.29, 0.717) is 12.0 Å². The van der Waals surface area contributed by atoms with Crippen molar-refractivity contribution >= 4 is 16.9 Å². The minimum absolute atomic E-state index is 0.0642. The number of nitrogens with zero attached hydrogens (tertiary/aromatic N) is 1. The first-order chi connectivity index (χ1) is 11.6. The summed E-state index contributed by atoms with van der Waals surface area (Å²) >= 11 is 1.16. The Morgan fingerprint density at radius 2 is 1.88 bits per heavy atom. The van der Waals surface area contributed by atoms with E-state index in [4.69, 9.17) is 0 Å². The molecule has 2 heterocycles. The van der Waals surface area contributed by atoms with Gasteiger partial charge in [0, 0.05) is 23.0 Å². The van der Waals surface area contributed by atoms with Gasteiger partial charge in [-0.2, -0.15) is 0 Å². The standard InChI is InChI=1S/C19H16F3NS/c1-23-10-9-12-17(22)19(16-13(20)6-4-7-14(16)21)24-18(12)11-5-2-3-8-15(11)23/h2-7,15H,8-10H2,1H3. The Kier molecular flexibility index (Phi) is 3.85. The van der Waals surface area contributed by atoms with Gasteiger partial charge in [0.15, 0.2) is 0 Å². The highest BCUT2D eigenvalue weighted by Gasteiger charge is 2.32. The number of halogens is 3. The van der Waals surface area contributed by atoms with Crippen molar-refractivity contribution in [2.24, 2.45) is 0 Å². The van der Waals surface area contributed by atoms with Crippen molar-refractivity contribution in [1.29, 1.82) is 0 Å². The van der Waals surface area contributed by atoms with Crippen molar-refractivity contribution in [2.75, 3.05) is 13.6 Å². The van der Waals surface area contributed by atoms with Gasteiger partial charge in [-0.15, -0.1) is 11.3 Å². The van der Waals surface area contributed by atoms with Crippen LogP contribution in [0.1, 0.15) is 16.9 Å². The summed E-state index contributed by atoms with van der Waals surface area (Å²) in [5.41, 5.74) is 1.36. The van der Waals surface area contributed by atoms with E-state index in [2.05, 4.69) is 11.0 Å². The average Bonchev–Trinajstić information content (AvgIpc) is 2.81. The van der Waals surface area contributed by atoms with Crippen molar-refractivity contribution in [3.8, 4) is 10.4 Å². The molecule has 1 aliphatic heterocycles. The summed E-state index contributed by atoms with van der Waals surface area (Å²) < 4.78 is 43.3. The van der Waals surface area contributed by atoms with Crippen LogP contribution in [0.2, 0.25) is 0 Å². The van der Waals surface area contributed by atoms with Crippen molar-refractivity contribution in [2.45, 2.75) is 18.9 Å². The summed E-state index contributed by atoms with van der Waals surface area (Å²) in [6.45, 7) is 0.718. The van der Waals surface area contributed by atoms with E-state index in [1.54, 1.807) is 0 Å². The molecule has 124 valence electrons. The van der Waals surface area contributed by atoms with Gasteiger partial charge in [0.1, 0.15) is 17.5 Å². The van der Waals surface area contributed by atoms with E-state index in [1.807, 2.05) is 19.2 Å². The summed E-state index contributed by atoms with van der Waals surface area (Å²) in [5.74, 6) is -1.93. The molecule has 24 heavy (non-hydrogen) atoms. The van der Waals surface area contributed by atoms with Crippen molar-refractivity contribution < 1.29 is 13.2 Å². The SMILES string of the molecule is CN1CCc2c(sc(-c3c(F)cccc3F)c2F)C2=CC=CCC21. The third-order valence-corrected chi connectivity index (χ3v) is 6.04. The third kappa shape index (κ3) is 2.34. The van der Waals surface area contributed by atoms with Crippen LogP contribution >= 0.6 is 11.3 Å². The molecule has 2 aliphatic rings. The Bertz CT molecular complexity index is 845. The average molecular weight is 347 g/mol. The van der Waals surface area contributed by atoms with Gasteiger partial charge in [-0.25, -0.2) is 13.2 Å². The van der Waals surface area contributed by atoms with E-state index < -0.39 is 17.5 Å². The second kappa shape index (κ2) is 5.90. The van der Waals surface area contributed by atoms with E-state index in [9.17, 15) is 8.78 Å². The number of fused-ring (bicyclic) bond motifs is 3. The third-order valence-electron chi connectivity index (χ3n) is 4.77. The normalized spacial score (nSPS) is 20.3. The highest BCUT2D eigenvalue weighted by Crippen LogP contribution is 2.44. The van der Waals surface area contributed by atoms with Gasteiger partial charge >= 0.3 is 0 Å². The topological polar surface area (TPSA) is 3.24 Å². The van der Waals surface area contributed by atoms with Crippen molar-refractivity contribution in [3.63, 3.8) is 0 Å². The number of likely N-dealkylation sites (N-methyl/N-ethyl adjacent to an activating group) is 1. The maximum atomic E-state index is 15.0. The van der Waals surface area contributed by atoms with Gasteiger partial charge in [-0.1, -0.05) is 24.3 Å². The minimum atomic E-state index is -0.725. The first-order valence-electron chi connectivity index (χ1n) is 7.90. The number of benzene rings is 1. The summed E-state index contributed by atoms with van der Waals surface area (Å²) in [5, 5.41) is 0. The monoisotopic (exact) mass is 347 g/mol. The molecule has 0 N–H and O–H groups in total. The minimum Gasteiger partial charge on any atom is -0.299 e. The van der Waals surface area contributed by atoms with Gasteiger partial charge < -0.3 is 0 Å². The van der Waals surface area contributed by atoms with Crippen LogP contribution < -0.4 is 0 Å². The molecule has 0 fully saturated rings. The Morgan fingerprint density at radius 1 is 1.12 bits per heavy atom. The smallest absolute Gasteiger partial charge is 0.145 e. The molecular formula is C19H16F3NS. The van der Waals surface area contributed by atoms with E-state index in [1.165, 1.54) is 18.2 Å². The number of rotatable bonds is 1. The Hall–Kier alpha value is -1.85. The van der Waals surface area contributed by atoms with Gasteiger partial charge in [-0.3, -0.25) is 4.90 Å². The van der Waals surface area contributed by atoms with Crippen LogP contribution in [0.3, 0.4) is 0 Å². The van der Waals surface area contributed by atoms with Crippen LogP contribution in [-0.4, -0.2) is 24.5 Å². The fraction of sp³-hybridized carbons (Fsp3) is 0.263. The number of thiophene rings is 1. The van der Waals surface area contributed by atoms with Gasteiger partial charge in [0.05, 0.1) is 10.4 Å². The molecule has 0 bridgehead atoms. The highest BCUT2D eigenvalue weighted by atomic mass is 32.1. The zero-order valence-electron chi connectivity index (χ0n) is 13.2. The molecule has 4 rings (SSSR count). The Balaban J connectivity index is 1.93. The molecular weight excluding hydrogens is 331 g/mol. The van der Waals surface area contributed by atoms with Gasteiger partial charge in [0.25, 0.3) is 0 Å². The van der Waals surface area contributed by atoms with Crippen LogP contribution in [0.4, 0.5) is 13.2 Å². The Labute approximate surface area is 142 Å². The quantitative estimate of drug-likeness (QED) is 0.699. The maximum absolute atomic E-state index is 15.0. The molecule has 1 aromatic heterocycles. The molecule has 1 nitrogen and oxygen atoms in total. The largest absolute Gasteiger partial charge is 0.299 e. The molecule has 1 atom stereocenters. The summed E-state index contributed by atoms with van der Waals surface area (Å²) in [7, 11) is 2.03. The summed E-state index contributed by atoms with van der Waals surface area (Å²) in [6, 6.07) is 3.82. The molecule has 2 aromatic rings. The van der Waals surface area contributed by atoms with Crippen LogP contribution in [-0.2, 0) is 6.42 Å². The lowest BCUT2D eigenvalue weighted by molar-refractivity contribution is 0.297. The lowest BCUT2D eigenvalue weighted by Crippen LogP contribution is -2.32. The zero-order valence-corrected chi connectivity index (χ0v) is 14.0. The molecule has 0 saturated carbocycles. The molecule has 5 heteroatoms. The van der Waals surface area contributed by atoms with E-state index >= 15 is 4.39 Å². The molecule has 1 aromatic carbocycles. The molecule has 0 saturated heterocycles. The molecule has 1 aliphatic carbocycles. The molecule has 1 unspecified atom stereocenters. The van der Waals surface area contributed by atoms with Crippen LogP contribution in [0.15, 0.2) is 36.4 Å². The van der Waals surface area contributed by atoms with E-state index in [0.717, 1.165) is 34.8 Å². The first kappa shape index (κ1) is 15.7. The summed E-state index contributed by atoms with van der Waals surface area (Å²) in [6.07, 6.45) is 7.46. The molecule has 0 radical (unpaired) electrons. The second-order valence-electron chi connectivity index (χ2n) is 6.18. The highest BCUT2D eigenvalue weighted by molar-refractivity contribution is 7.16. The van der Waals surface area contributed by atoms with Crippen molar-refractivity contribution in [1.82, 2.24) is 4.90 Å². The maximum Gasteiger partial charge on any atom is 0.145 e. The zero-order chi connectivity index (χ0) is 16.8. The van der Waals surface area contributed by atoms with Gasteiger partial charge in [0.2, 0.25) is 0 Å². The predicted octanol–water partition coefficient (Wildman–Crippen LogP) is 5.03. The second-order valence-corrected chi connectivity index (χ2v) is 7.20. The first-order valence-corrected chi connectivity index (χ1v) is 8.72. The lowest BCUT2D eigenvalue weighted by Gasteiger charge is -2.28. The van der Waals surface area contributed by atoms with Crippen LogP contribution in [0.5, 0.6) is 0 Å². The molecule has 0 amide bonds. The number of hydrogen-bond acceptors (Lipinski definition) is 2. The number of hydrogen-bond donors (Lipinski definition) is 0. The van der Waals surface area contributed by atoms with Gasteiger partial charge in [-0.05, 0) is 37.6 Å². The number of allylic oxidation sites excluding steroid dienone is 2. The summed E-state index contributed by atoms with van der Waals surface area (Å²) in [4.78, 5) is 3.10. The van der Waals surface area contributed by atoms with E-state index in [-0.39, 0.29) is 16.5 Å². The van der Waals surface area contributed by atoms with Crippen molar-refractivity contribution in [3.05, 3.63) is 64.3 Å². The van der Waals surface area contributed by atoms with Crippen LogP contribution in [0.25, 0.3) is 16.0 Å². The lowest BCUT2D eigenvalue weighted by atomic mass is 9.96. The fourth-order valence-corrected chi connectivity index (χ4v) is 4.83.